The van der Waals surface area contributed by atoms with E-state index in [1.165, 1.54) is 0 Å². The van der Waals surface area contributed by atoms with E-state index in [9.17, 15) is 9.59 Å². The number of aromatic nitrogens is 2. The molecule has 1 rings (SSSR count). The molecule has 0 bridgehead atoms. The highest BCUT2D eigenvalue weighted by atomic mass is 32.2. The van der Waals surface area contributed by atoms with E-state index in [1.54, 1.807) is 6.07 Å². The van der Waals surface area contributed by atoms with Crippen molar-refractivity contribution in [2.75, 3.05) is 16.8 Å². The van der Waals surface area contributed by atoms with Gasteiger partial charge in [0, 0.05) is 11.8 Å². The number of rotatable bonds is 6. The van der Waals surface area contributed by atoms with Gasteiger partial charge in [-0.15, -0.1) is 11.8 Å². The van der Waals surface area contributed by atoms with Gasteiger partial charge >= 0.3 is 5.97 Å². The van der Waals surface area contributed by atoms with Gasteiger partial charge in [-0.05, 0) is 6.42 Å². The predicted molar refractivity (Wildman–Crippen MR) is 61.6 cm³/mol. The van der Waals surface area contributed by atoms with Crippen LogP contribution in [-0.4, -0.2) is 38.7 Å². The summed E-state index contributed by atoms with van der Waals surface area (Å²) in [6.07, 6.45) is 0.816. The van der Waals surface area contributed by atoms with Crippen molar-refractivity contribution >= 4 is 29.5 Å². The molecule has 0 saturated carbocycles. The first-order valence-corrected chi connectivity index (χ1v) is 5.91. The van der Waals surface area contributed by atoms with Crippen LogP contribution in [0.1, 0.15) is 12.6 Å². The first-order valence-electron chi connectivity index (χ1n) is 4.75. The Labute approximate surface area is 96.8 Å². The van der Waals surface area contributed by atoms with Crippen LogP contribution in [0.4, 0.5) is 5.82 Å². The quantitative estimate of drug-likeness (QED) is 0.684. The lowest BCUT2D eigenvalue weighted by Crippen LogP contribution is -2.15. The Hall–Kier alpha value is -1.50. The summed E-state index contributed by atoms with van der Waals surface area (Å²) in [6.45, 7) is 1.97. The van der Waals surface area contributed by atoms with E-state index in [1.807, 2.05) is 6.92 Å². The number of carboxylic acids is 1. The number of hydrogen-bond donors (Lipinski definition) is 3. The zero-order valence-corrected chi connectivity index (χ0v) is 9.63. The minimum absolute atomic E-state index is 0.0752. The molecule has 1 amide bonds. The van der Waals surface area contributed by atoms with Gasteiger partial charge in [-0.25, -0.2) is 0 Å². The Morgan fingerprint density at radius 2 is 2.31 bits per heavy atom. The second-order valence-electron chi connectivity index (χ2n) is 3.07. The number of amides is 1. The Balaban J connectivity index is 2.31. The zero-order valence-electron chi connectivity index (χ0n) is 8.82. The number of aromatic amines is 1. The fourth-order valence-corrected chi connectivity index (χ4v) is 1.55. The molecule has 6 nitrogen and oxygen atoms in total. The molecule has 1 heterocycles. The Morgan fingerprint density at radius 1 is 1.56 bits per heavy atom. The van der Waals surface area contributed by atoms with Gasteiger partial charge in [0.1, 0.15) is 0 Å². The predicted octanol–water partition coefficient (Wildman–Crippen LogP) is 0.728. The van der Waals surface area contributed by atoms with Gasteiger partial charge < -0.3 is 10.4 Å². The van der Waals surface area contributed by atoms with E-state index >= 15 is 0 Å². The summed E-state index contributed by atoms with van der Waals surface area (Å²) >= 11 is 1.05. The van der Waals surface area contributed by atoms with Gasteiger partial charge in [0.05, 0.1) is 11.5 Å². The Morgan fingerprint density at radius 3 is 2.88 bits per heavy atom. The number of hydrogen-bond acceptors (Lipinski definition) is 4. The van der Waals surface area contributed by atoms with Gasteiger partial charge in [-0.2, -0.15) is 5.10 Å². The average molecular weight is 243 g/mol. The maximum Gasteiger partial charge on any atom is 0.313 e. The smallest absolute Gasteiger partial charge is 0.313 e. The number of thioether (sulfide) groups is 1. The van der Waals surface area contributed by atoms with Crippen molar-refractivity contribution in [1.29, 1.82) is 0 Å². The molecule has 0 aliphatic carbocycles. The van der Waals surface area contributed by atoms with E-state index in [0.29, 0.717) is 5.82 Å². The van der Waals surface area contributed by atoms with Crippen molar-refractivity contribution in [2.24, 2.45) is 0 Å². The highest BCUT2D eigenvalue weighted by Gasteiger charge is 2.06. The summed E-state index contributed by atoms with van der Waals surface area (Å²) in [7, 11) is 0. The fourth-order valence-electron chi connectivity index (χ4n) is 1.02. The largest absolute Gasteiger partial charge is 0.481 e. The molecule has 0 aliphatic heterocycles. The molecule has 0 atom stereocenters. The first-order chi connectivity index (χ1) is 7.61. The molecule has 0 aliphatic rings. The van der Waals surface area contributed by atoms with Crippen molar-refractivity contribution in [3.63, 3.8) is 0 Å². The van der Waals surface area contributed by atoms with E-state index in [0.717, 1.165) is 23.9 Å². The maximum atomic E-state index is 11.3. The lowest BCUT2D eigenvalue weighted by Gasteiger charge is -1.99. The van der Waals surface area contributed by atoms with E-state index in [4.69, 9.17) is 5.11 Å². The molecular formula is C9H13N3O3S. The normalized spacial score (nSPS) is 10.1. The van der Waals surface area contributed by atoms with Crippen LogP contribution in [0.3, 0.4) is 0 Å². The molecule has 0 fully saturated rings. The number of carbonyl (C=O) groups excluding carboxylic acids is 1. The second-order valence-corrected chi connectivity index (χ2v) is 4.05. The van der Waals surface area contributed by atoms with Crippen molar-refractivity contribution < 1.29 is 14.7 Å². The summed E-state index contributed by atoms with van der Waals surface area (Å²) < 4.78 is 0. The molecule has 7 heteroatoms. The number of nitrogens with zero attached hydrogens (tertiary/aromatic N) is 1. The minimum atomic E-state index is -0.925. The third kappa shape index (κ3) is 4.35. The third-order valence-electron chi connectivity index (χ3n) is 1.74. The van der Waals surface area contributed by atoms with Crippen molar-refractivity contribution in [3.05, 3.63) is 11.8 Å². The molecule has 0 unspecified atom stereocenters. The number of carbonyl (C=O) groups is 2. The van der Waals surface area contributed by atoms with Crippen LogP contribution in [0.25, 0.3) is 0 Å². The van der Waals surface area contributed by atoms with E-state index < -0.39 is 5.97 Å². The summed E-state index contributed by atoms with van der Waals surface area (Å²) in [5, 5.41) is 17.6. The highest BCUT2D eigenvalue weighted by Crippen LogP contribution is 2.07. The molecule has 0 aromatic carbocycles. The van der Waals surface area contributed by atoms with Gasteiger partial charge in [0.15, 0.2) is 5.82 Å². The lowest BCUT2D eigenvalue weighted by atomic mass is 10.3. The number of nitrogens with one attached hydrogen (secondary N) is 2. The summed E-state index contributed by atoms with van der Waals surface area (Å²) in [5.41, 5.74) is 0.938. The summed E-state index contributed by atoms with van der Waals surface area (Å²) in [6, 6.07) is 1.75. The molecule has 0 saturated heterocycles. The van der Waals surface area contributed by atoms with Crippen LogP contribution in [0.15, 0.2) is 6.07 Å². The second kappa shape index (κ2) is 6.16. The maximum absolute atomic E-state index is 11.3. The summed E-state index contributed by atoms with van der Waals surface area (Å²) in [4.78, 5) is 21.5. The number of anilines is 1. The highest BCUT2D eigenvalue weighted by molar-refractivity contribution is 8.00. The lowest BCUT2D eigenvalue weighted by molar-refractivity contribution is -0.133. The molecule has 1 aromatic rings. The van der Waals surface area contributed by atoms with Gasteiger partial charge in [-0.1, -0.05) is 6.92 Å². The van der Waals surface area contributed by atoms with E-state index in [2.05, 4.69) is 15.5 Å². The molecule has 1 aromatic heterocycles. The number of H-pyrrole nitrogens is 1. The van der Waals surface area contributed by atoms with Crippen LogP contribution in [0.2, 0.25) is 0 Å². The standard InChI is InChI=1S/C9H13N3O3S/c1-2-6-3-7(12-11-6)10-8(13)4-16-5-9(14)15/h3H,2,4-5H2,1H3,(H,14,15)(H2,10,11,12,13). The van der Waals surface area contributed by atoms with E-state index in [-0.39, 0.29) is 17.4 Å². The topological polar surface area (TPSA) is 95.1 Å². The molecule has 16 heavy (non-hydrogen) atoms. The first kappa shape index (κ1) is 12.6. The van der Waals surface area contributed by atoms with Crippen LogP contribution in [0, 0.1) is 0 Å². The van der Waals surface area contributed by atoms with Gasteiger partial charge in [0.2, 0.25) is 5.91 Å². The number of carboxylic acid groups (broad SMARTS) is 1. The summed E-state index contributed by atoms with van der Waals surface area (Å²) in [5.74, 6) is -0.668. The Bertz CT molecular complexity index is 378. The van der Waals surface area contributed by atoms with Crippen molar-refractivity contribution in [1.82, 2.24) is 10.2 Å². The number of aliphatic carboxylic acids is 1. The third-order valence-corrected chi connectivity index (χ3v) is 2.66. The number of aryl methyl sites for hydroxylation is 1. The van der Waals surface area contributed by atoms with Crippen molar-refractivity contribution in [3.8, 4) is 0 Å². The fraction of sp³-hybridized carbons (Fsp3) is 0.444. The molecule has 0 radical (unpaired) electrons. The zero-order chi connectivity index (χ0) is 12.0. The van der Waals surface area contributed by atoms with Gasteiger partial charge in [0.25, 0.3) is 0 Å². The van der Waals surface area contributed by atoms with Crippen LogP contribution in [-0.2, 0) is 16.0 Å². The monoisotopic (exact) mass is 243 g/mol. The molecule has 3 N–H and O–H groups in total. The van der Waals surface area contributed by atoms with Crippen LogP contribution < -0.4 is 5.32 Å². The Kier molecular flexibility index (Phi) is 4.84. The van der Waals surface area contributed by atoms with Crippen LogP contribution >= 0.6 is 11.8 Å². The molecule has 88 valence electrons. The van der Waals surface area contributed by atoms with Crippen molar-refractivity contribution in [2.45, 2.75) is 13.3 Å². The SMILES string of the molecule is CCc1cc(NC(=O)CSCC(=O)O)n[nH]1. The van der Waals surface area contributed by atoms with Gasteiger partial charge in [-0.3, -0.25) is 14.7 Å². The minimum Gasteiger partial charge on any atom is -0.481 e. The average Bonchev–Trinajstić information content (AvgIpc) is 2.65. The van der Waals surface area contributed by atoms with Crippen LogP contribution in [0.5, 0.6) is 0 Å². The molecule has 0 spiro atoms. The molecular weight excluding hydrogens is 230 g/mol.